The van der Waals surface area contributed by atoms with Gasteiger partial charge in [-0.3, -0.25) is 4.79 Å². The molecule has 1 rings (SSSR count). The number of hydrogen-bond donors (Lipinski definition) is 0. The highest BCUT2D eigenvalue weighted by molar-refractivity contribution is 5.71. The third kappa shape index (κ3) is 0.949. The minimum Gasteiger partial charge on any atom is -0.433 e. The molecule has 0 spiro atoms. The molecule has 1 heterocycles. The Balaban J connectivity index is 2.32. The topological polar surface area (TPSA) is 35.5 Å². The van der Waals surface area contributed by atoms with Gasteiger partial charge in [-0.15, -0.1) is 4.94 Å². The zero-order valence-corrected chi connectivity index (χ0v) is 4.09. The molecular weight excluding hydrogens is 115 g/mol. The van der Waals surface area contributed by atoms with Crippen LogP contribution in [-0.4, -0.2) is 12.3 Å². The highest BCUT2D eigenvalue weighted by atomic mass is 19.3. The summed E-state index contributed by atoms with van der Waals surface area (Å²) in [7, 11) is 0. The van der Waals surface area contributed by atoms with Gasteiger partial charge in [0.2, 0.25) is 6.29 Å². The van der Waals surface area contributed by atoms with Gasteiger partial charge in [0.1, 0.15) is 0 Å². The smallest absolute Gasteiger partial charge is 0.308 e. The number of carbonyl (C=O) groups is 1. The largest absolute Gasteiger partial charge is 0.433 e. The van der Waals surface area contributed by atoms with Gasteiger partial charge in [-0.1, -0.05) is 0 Å². The van der Waals surface area contributed by atoms with E-state index in [-0.39, 0.29) is 6.42 Å². The van der Waals surface area contributed by atoms with Crippen LogP contribution in [0.3, 0.4) is 0 Å². The third-order valence-electron chi connectivity index (χ3n) is 0.946. The Bertz CT molecular complexity index is 103. The number of cyclic esters (lactones) is 1. The van der Waals surface area contributed by atoms with Crippen LogP contribution in [0.2, 0.25) is 0 Å². The van der Waals surface area contributed by atoms with Crippen molar-refractivity contribution in [2.45, 2.75) is 19.1 Å². The standard InChI is InChI=1S/C4H5FO3/c5-8-4-2-1-3(6)7-4/h4H,1-2H2. The van der Waals surface area contributed by atoms with Gasteiger partial charge >= 0.3 is 5.97 Å². The molecule has 1 saturated heterocycles. The second-order valence-electron chi connectivity index (χ2n) is 1.55. The van der Waals surface area contributed by atoms with Crippen molar-refractivity contribution in [3.05, 3.63) is 0 Å². The average Bonchev–Trinajstić information content (AvgIpc) is 2.14. The molecule has 0 bridgehead atoms. The van der Waals surface area contributed by atoms with Gasteiger partial charge in [-0.2, -0.15) is 0 Å². The summed E-state index contributed by atoms with van der Waals surface area (Å²) in [6, 6.07) is 0. The van der Waals surface area contributed by atoms with Gasteiger partial charge in [0.05, 0.1) is 6.42 Å². The zero-order chi connectivity index (χ0) is 5.98. The van der Waals surface area contributed by atoms with Crippen LogP contribution in [0, 0.1) is 0 Å². The summed E-state index contributed by atoms with van der Waals surface area (Å²) in [5, 5.41) is 0. The van der Waals surface area contributed by atoms with Gasteiger partial charge in [0.15, 0.2) is 0 Å². The van der Waals surface area contributed by atoms with Crippen molar-refractivity contribution in [1.29, 1.82) is 0 Å². The van der Waals surface area contributed by atoms with Crippen molar-refractivity contribution in [1.82, 2.24) is 0 Å². The molecule has 0 aromatic carbocycles. The van der Waals surface area contributed by atoms with Crippen LogP contribution >= 0.6 is 0 Å². The molecule has 0 amide bonds. The molecule has 1 fully saturated rings. The van der Waals surface area contributed by atoms with Crippen LogP contribution in [0.4, 0.5) is 4.53 Å². The van der Waals surface area contributed by atoms with E-state index in [0.29, 0.717) is 6.42 Å². The van der Waals surface area contributed by atoms with E-state index < -0.39 is 12.3 Å². The molecule has 0 aromatic heterocycles. The highest BCUT2D eigenvalue weighted by Crippen LogP contribution is 2.14. The molecule has 0 aliphatic carbocycles. The van der Waals surface area contributed by atoms with Gasteiger partial charge in [0, 0.05) is 6.42 Å². The second-order valence-corrected chi connectivity index (χ2v) is 1.55. The van der Waals surface area contributed by atoms with Gasteiger partial charge in [-0.05, 0) is 4.53 Å². The van der Waals surface area contributed by atoms with Gasteiger partial charge in [-0.25, -0.2) is 0 Å². The van der Waals surface area contributed by atoms with E-state index in [2.05, 4.69) is 9.68 Å². The number of halogens is 1. The van der Waals surface area contributed by atoms with Crippen molar-refractivity contribution < 1.29 is 19.0 Å². The summed E-state index contributed by atoms with van der Waals surface area (Å²) < 4.78 is 15.4. The predicted molar refractivity (Wildman–Crippen MR) is 21.3 cm³/mol. The normalized spacial score (nSPS) is 28.1. The molecule has 4 heteroatoms. The van der Waals surface area contributed by atoms with Crippen molar-refractivity contribution >= 4 is 5.97 Å². The van der Waals surface area contributed by atoms with Crippen molar-refractivity contribution in [3.63, 3.8) is 0 Å². The minimum absolute atomic E-state index is 0.259. The Hall–Kier alpha value is -0.640. The van der Waals surface area contributed by atoms with Crippen LogP contribution in [0.1, 0.15) is 12.8 Å². The molecule has 1 aliphatic heterocycles. The molecule has 8 heavy (non-hydrogen) atoms. The summed E-state index contributed by atoms with van der Waals surface area (Å²) >= 11 is 0. The fourth-order valence-electron chi connectivity index (χ4n) is 0.563. The lowest BCUT2D eigenvalue weighted by molar-refractivity contribution is -0.253. The molecule has 0 saturated carbocycles. The summed E-state index contributed by atoms with van der Waals surface area (Å²) in [4.78, 5) is 13.4. The lowest BCUT2D eigenvalue weighted by Gasteiger charge is -1.98. The number of hydrogen-bond acceptors (Lipinski definition) is 3. The van der Waals surface area contributed by atoms with E-state index in [0.717, 1.165) is 0 Å². The molecule has 0 radical (unpaired) electrons. The van der Waals surface area contributed by atoms with E-state index in [4.69, 9.17) is 0 Å². The van der Waals surface area contributed by atoms with E-state index in [9.17, 15) is 9.32 Å². The molecule has 46 valence electrons. The summed E-state index contributed by atoms with van der Waals surface area (Å²) in [6.07, 6.45) is -0.355. The SMILES string of the molecule is O=C1CCC(OF)O1. The maximum absolute atomic E-state index is 11.1. The molecule has 3 nitrogen and oxygen atoms in total. The second kappa shape index (κ2) is 2.09. The van der Waals surface area contributed by atoms with Crippen molar-refractivity contribution in [2.24, 2.45) is 0 Å². The monoisotopic (exact) mass is 120 g/mol. The maximum Gasteiger partial charge on any atom is 0.308 e. The quantitative estimate of drug-likeness (QED) is 0.474. The van der Waals surface area contributed by atoms with Crippen LogP contribution in [-0.2, 0) is 14.5 Å². The first-order valence-electron chi connectivity index (χ1n) is 2.30. The van der Waals surface area contributed by atoms with E-state index in [1.807, 2.05) is 0 Å². The summed E-state index contributed by atoms with van der Waals surface area (Å²) in [6.45, 7) is 0. The number of ether oxygens (including phenoxy) is 1. The first-order chi connectivity index (χ1) is 3.83. The zero-order valence-electron chi connectivity index (χ0n) is 4.09. The van der Waals surface area contributed by atoms with E-state index >= 15 is 0 Å². The Morgan fingerprint density at radius 3 is 2.88 bits per heavy atom. The Morgan fingerprint density at radius 2 is 2.62 bits per heavy atom. The number of esters is 1. The Kier molecular flexibility index (Phi) is 1.43. The maximum atomic E-state index is 11.1. The minimum atomic E-state index is -0.942. The molecule has 0 N–H and O–H groups in total. The molecule has 1 atom stereocenters. The molecule has 0 aromatic rings. The lowest BCUT2D eigenvalue weighted by atomic mass is 10.4. The van der Waals surface area contributed by atoms with Crippen LogP contribution in [0.25, 0.3) is 0 Å². The lowest BCUT2D eigenvalue weighted by Crippen LogP contribution is -2.05. The fourth-order valence-corrected chi connectivity index (χ4v) is 0.563. The average molecular weight is 120 g/mol. The molecule has 1 unspecified atom stereocenters. The van der Waals surface area contributed by atoms with E-state index in [1.54, 1.807) is 0 Å². The van der Waals surface area contributed by atoms with Crippen molar-refractivity contribution in [2.75, 3.05) is 0 Å². The van der Waals surface area contributed by atoms with Gasteiger partial charge < -0.3 is 4.74 Å². The van der Waals surface area contributed by atoms with Crippen LogP contribution in [0.15, 0.2) is 0 Å². The summed E-state index contributed by atoms with van der Waals surface area (Å²) in [5.74, 6) is -0.396. The number of carbonyl (C=O) groups excluding carboxylic acids is 1. The fraction of sp³-hybridized carbons (Fsp3) is 0.750. The highest BCUT2D eigenvalue weighted by Gasteiger charge is 2.24. The first-order valence-corrected chi connectivity index (χ1v) is 2.30. The third-order valence-corrected chi connectivity index (χ3v) is 0.946. The Morgan fingerprint density at radius 1 is 1.88 bits per heavy atom. The predicted octanol–water partition coefficient (Wildman–Crippen LogP) is 0.551. The first kappa shape index (κ1) is 5.50. The van der Waals surface area contributed by atoms with Gasteiger partial charge in [0.25, 0.3) is 0 Å². The molecule has 1 aliphatic rings. The van der Waals surface area contributed by atoms with E-state index in [1.165, 1.54) is 0 Å². The molecular formula is C4H5FO3. The van der Waals surface area contributed by atoms with Crippen molar-refractivity contribution in [3.8, 4) is 0 Å². The van der Waals surface area contributed by atoms with Crippen LogP contribution < -0.4 is 0 Å². The Labute approximate surface area is 45.3 Å². The van der Waals surface area contributed by atoms with Crippen LogP contribution in [0.5, 0.6) is 0 Å². The summed E-state index contributed by atoms with van der Waals surface area (Å²) in [5.41, 5.74) is 0. The number of rotatable bonds is 1.